The summed E-state index contributed by atoms with van der Waals surface area (Å²) >= 11 is 0. The van der Waals surface area contributed by atoms with Crippen LogP contribution in [0.15, 0.2) is 24.3 Å². The second-order valence-corrected chi connectivity index (χ2v) is 3.80. The van der Waals surface area contributed by atoms with Gasteiger partial charge in [-0.3, -0.25) is 5.43 Å². The van der Waals surface area contributed by atoms with E-state index < -0.39 is 13.0 Å². The molecule has 0 spiro atoms. The molecule has 0 atom stereocenters. The fourth-order valence-electron chi connectivity index (χ4n) is 1.71. The van der Waals surface area contributed by atoms with E-state index in [-0.39, 0.29) is 5.95 Å². The summed E-state index contributed by atoms with van der Waals surface area (Å²) in [5, 5.41) is 0.708. The molecule has 0 bridgehead atoms. The van der Waals surface area contributed by atoms with Crippen molar-refractivity contribution in [3.8, 4) is 0 Å². The Bertz CT molecular complexity index is 546. The average Bonchev–Trinajstić information content (AvgIpc) is 2.36. The smallest absolute Gasteiger partial charge is 0.255 e. The van der Waals surface area contributed by atoms with E-state index in [2.05, 4.69) is 15.4 Å². The highest BCUT2D eigenvalue weighted by molar-refractivity contribution is 5.90. The number of hydrazine groups is 1. The van der Waals surface area contributed by atoms with Gasteiger partial charge in [-0.05, 0) is 12.1 Å². The fourth-order valence-corrected chi connectivity index (χ4v) is 1.71. The first-order valence-electron chi connectivity index (χ1n) is 5.34. The molecule has 0 aliphatic heterocycles. The first kappa shape index (κ1) is 12.4. The summed E-state index contributed by atoms with van der Waals surface area (Å²) in [5.74, 6) is 5.89. The van der Waals surface area contributed by atoms with Gasteiger partial charge in [-0.25, -0.2) is 19.6 Å². The summed E-state index contributed by atoms with van der Waals surface area (Å²) < 4.78 is 24.9. The van der Waals surface area contributed by atoms with E-state index in [4.69, 9.17) is 5.84 Å². The summed E-state index contributed by atoms with van der Waals surface area (Å²) in [6.07, 6.45) is -2.43. The van der Waals surface area contributed by atoms with Crippen molar-refractivity contribution in [1.29, 1.82) is 0 Å². The summed E-state index contributed by atoms with van der Waals surface area (Å²) in [7, 11) is 1.56. The van der Waals surface area contributed by atoms with Crippen LogP contribution in [0.25, 0.3) is 10.9 Å². The van der Waals surface area contributed by atoms with Crippen LogP contribution in [-0.4, -0.2) is 30.0 Å². The Labute approximate surface area is 103 Å². The Morgan fingerprint density at radius 2 is 2.06 bits per heavy atom. The third-order valence-corrected chi connectivity index (χ3v) is 2.49. The monoisotopic (exact) mass is 253 g/mol. The van der Waals surface area contributed by atoms with Crippen LogP contribution in [0.5, 0.6) is 0 Å². The molecule has 7 heteroatoms. The number of nitrogens with one attached hydrogen (secondary N) is 1. The number of benzene rings is 1. The van der Waals surface area contributed by atoms with Gasteiger partial charge in [0, 0.05) is 12.4 Å². The van der Waals surface area contributed by atoms with Crippen LogP contribution in [0.2, 0.25) is 0 Å². The van der Waals surface area contributed by atoms with Crippen molar-refractivity contribution in [3.63, 3.8) is 0 Å². The molecular weight excluding hydrogens is 240 g/mol. The molecule has 2 aromatic rings. The Morgan fingerprint density at radius 3 is 2.72 bits per heavy atom. The number of hydrogen-bond acceptors (Lipinski definition) is 5. The summed E-state index contributed by atoms with van der Waals surface area (Å²) in [5.41, 5.74) is 2.98. The standard InChI is InChI=1S/C11H13F2N5/c1-18(6-9(12)13)10-7-4-2-3-5-8(7)15-11(16-10)17-14/h2-5,9H,6,14H2,1H3,(H,15,16,17). The largest absolute Gasteiger partial charge is 0.353 e. The molecule has 0 amide bonds. The lowest BCUT2D eigenvalue weighted by atomic mass is 10.2. The van der Waals surface area contributed by atoms with E-state index in [1.165, 1.54) is 4.90 Å². The van der Waals surface area contributed by atoms with Gasteiger partial charge < -0.3 is 4.90 Å². The second kappa shape index (κ2) is 5.09. The van der Waals surface area contributed by atoms with Gasteiger partial charge in [0.05, 0.1) is 12.1 Å². The molecule has 0 fully saturated rings. The summed E-state index contributed by atoms with van der Waals surface area (Å²) in [6, 6.07) is 7.18. The van der Waals surface area contributed by atoms with Crippen LogP contribution < -0.4 is 16.2 Å². The first-order chi connectivity index (χ1) is 8.61. The minimum atomic E-state index is -2.43. The molecule has 0 unspecified atom stereocenters. The normalized spacial score (nSPS) is 10.9. The van der Waals surface area contributed by atoms with Crippen LogP contribution >= 0.6 is 0 Å². The minimum absolute atomic E-state index is 0.199. The molecule has 0 aliphatic rings. The van der Waals surface area contributed by atoms with Crippen LogP contribution in [0.4, 0.5) is 20.5 Å². The van der Waals surface area contributed by atoms with E-state index in [9.17, 15) is 8.78 Å². The Balaban J connectivity index is 2.53. The molecule has 0 aliphatic carbocycles. The number of aromatic nitrogens is 2. The zero-order chi connectivity index (χ0) is 13.1. The molecule has 2 rings (SSSR count). The van der Waals surface area contributed by atoms with Crippen LogP contribution in [0.1, 0.15) is 0 Å². The van der Waals surface area contributed by atoms with E-state index in [0.717, 1.165) is 0 Å². The number of para-hydroxylation sites is 1. The third-order valence-electron chi connectivity index (χ3n) is 2.49. The summed E-state index contributed by atoms with van der Waals surface area (Å²) in [6.45, 7) is -0.398. The molecular formula is C11H13F2N5. The quantitative estimate of drug-likeness (QED) is 0.640. The van der Waals surface area contributed by atoms with Crippen molar-refractivity contribution in [2.75, 3.05) is 23.9 Å². The maximum atomic E-state index is 12.4. The highest BCUT2D eigenvalue weighted by Crippen LogP contribution is 2.24. The number of nitrogen functional groups attached to an aromatic ring is 1. The van der Waals surface area contributed by atoms with Gasteiger partial charge in [0.25, 0.3) is 6.43 Å². The number of hydrogen-bond donors (Lipinski definition) is 2. The molecule has 1 aromatic heterocycles. The predicted molar refractivity (Wildman–Crippen MR) is 66.6 cm³/mol. The number of rotatable bonds is 4. The molecule has 0 saturated heterocycles. The van der Waals surface area contributed by atoms with Gasteiger partial charge in [0.2, 0.25) is 5.95 Å². The Hall–Kier alpha value is -2.02. The maximum Gasteiger partial charge on any atom is 0.255 e. The molecule has 5 nitrogen and oxygen atoms in total. The van der Waals surface area contributed by atoms with E-state index in [0.29, 0.717) is 16.7 Å². The molecule has 0 saturated carbocycles. The molecule has 1 aromatic carbocycles. The number of nitrogens with zero attached hydrogens (tertiary/aromatic N) is 3. The molecule has 96 valence electrons. The van der Waals surface area contributed by atoms with Crippen molar-refractivity contribution < 1.29 is 8.78 Å². The average molecular weight is 253 g/mol. The number of nitrogens with two attached hydrogens (primary N) is 1. The van der Waals surface area contributed by atoms with Gasteiger partial charge in [0.15, 0.2) is 0 Å². The predicted octanol–water partition coefficient (Wildman–Crippen LogP) is 1.62. The van der Waals surface area contributed by atoms with Crippen molar-refractivity contribution in [2.24, 2.45) is 5.84 Å². The first-order valence-corrected chi connectivity index (χ1v) is 5.34. The van der Waals surface area contributed by atoms with E-state index >= 15 is 0 Å². The fraction of sp³-hybridized carbons (Fsp3) is 0.273. The third kappa shape index (κ3) is 2.45. The zero-order valence-electron chi connectivity index (χ0n) is 9.77. The number of alkyl halides is 2. The van der Waals surface area contributed by atoms with Crippen LogP contribution in [-0.2, 0) is 0 Å². The van der Waals surface area contributed by atoms with Crippen LogP contribution in [0, 0.1) is 0 Å². The highest BCUT2D eigenvalue weighted by Gasteiger charge is 2.14. The zero-order valence-corrected chi connectivity index (χ0v) is 9.77. The van der Waals surface area contributed by atoms with Crippen molar-refractivity contribution in [3.05, 3.63) is 24.3 Å². The lowest BCUT2D eigenvalue weighted by Gasteiger charge is -2.19. The molecule has 3 N–H and O–H groups in total. The molecule has 1 heterocycles. The lowest BCUT2D eigenvalue weighted by Crippen LogP contribution is -2.26. The number of anilines is 2. The number of halogens is 2. The second-order valence-electron chi connectivity index (χ2n) is 3.80. The maximum absolute atomic E-state index is 12.4. The summed E-state index contributed by atoms with van der Waals surface area (Å²) in [4.78, 5) is 9.66. The lowest BCUT2D eigenvalue weighted by molar-refractivity contribution is 0.156. The van der Waals surface area contributed by atoms with E-state index in [1.807, 2.05) is 6.07 Å². The van der Waals surface area contributed by atoms with Gasteiger partial charge in [-0.15, -0.1) is 0 Å². The van der Waals surface area contributed by atoms with Gasteiger partial charge >= 0.3 is 0 Å². The van der Waals surface area contributed by atoms with Gasteiger partial charge in [-0.2, -0.15) is 4.98 Å². The van der Waals surface area contributed by atoms with Crippen molar-refractivity contribution in [2.45, 2.75) is 6.43 Å². The topological polar surface area (TPSA) is 67.1 Å². The molecule has 18 heavy (non-hydrogen) atoms. The van der Waals surface area contributed by atoms with Crippen LogP contribution in [0.3, 0.4) is 0 Å². The van der Waals surface area contributed by atoms with Crippen molar-refractivity contribution in [1.82, 2.24) is 9.97 Å². The Morgan fingerprint density at radius 1 is 1.33 bits per heavy atom. The minimum Gasteiger partial charge on any atom is -0.353 e. The van der Waals surface area contributed by atoms with Crippen molar-refractivity contribution >= 4 is 22.7 Å². The highest BCUT2D eigenvalue weighted by atomic mass is 19.3. The number of fused-ring (bicyclic) bond motifs is 1. The van der Waals surface area contributed by atoms with Gasteiger partial charge in [-0.1, -0.05) is 12.1 Å². The molecule has 0 radical (unpaired) electrons. The van der Waals surface area contributed by atoms with Gasteiger partial charge in [0.1, 0.15) is 5.82 Å². The Kier molecular flexibility index (Phi) is 3.52. The van der Waals surface area contributed by atoms with E-state index in [1.54, 1.807) is 25.2 Å². The SMILES string of the molecule is CN(CC(F)F)c1nc(NN)nc2ccccc12.